The number of aromatic nitrogens is 2. The third kappa shape index (κ3) is 4.80. The molecule has 1 atom stereocenters. The topological polar surface area (TPSA) is 95.2 Å². The van der Waals surface area contributed by atoms with Gasteiger partial charge in [-0.25, -0.2) is 4.98 Å². The lowest BCUT2D eigenvalue weighted by Gasteiger charge is -2.16. The summed E-state index contributed by atoms with van der Waals surface area (Å²) in [5, 5.41) is 3.06. The fraction of sp³-hybridized carbons (Fsp3) is 0.360. The first-order chi connectivity index (χ1) is 15.9. The van der Waals surface area contributed by atoms with Gasteiger partial charge < -0.3 is 10.3 Å². The molecular formula is C25H28N4O3S. The molecule has 1 aliphatic heterocycles. The maximum atomic E-state index is 13.1. The molecule has 3 amide bonds. The average molecular weight is 465 g/mol. The van der Waals surface area contributed by atoms with Gasteiger partial charge in [0.2, 0.25) is 0 Å². The molecule has 2 N–H and O–H groups in total. The minimum absolute atomic E-state index is 0.289. The summed E-state index contributed by atoms with van der Waals surface area (Å²) in [7, 11) is 0. The van der Waals surface area contributed by atoms with E-state index in [-0.39, 0.29) is 23.8 Å². The standard InChI is InChI=1S/C25H28N4O3S/c1-15(2)10-12-29-24(31)17-9-8-16(14-18(17)25(29)32)23(30)28-21(11-13-33-3)22-26-19-6-4-5-7-20(19)27-22/h4-9,14-15,21H,10-13H2,1-3H3,(H,26,27)(H,28,30). The van der Waals surface area contributed by atoms with Gasteiger partial charge in [-0.05, 0) is 61.1 Å². The Morgan fingerprint density at radius 3 is 2.58 bits per heavy atom. The second-order valence-corrected chi connectivity index (χ2v) is 9.64. The molecule has 0 saturated carbocycles. The number of hydrogen-bond acceptors (Lipinski definition) is 5. The van der Waals surface area contributed by atoms with Crippen molar-refractivity contribution < 1.29 is 14.4 Å². The predicted octanol–water partition coefficient (Wildman–Crippen LogP) is 4.43. The number of para-hydroxylation sites is 2. The Kier molecular flexibility index (Phi) is 6.83. The third-order valence-corrected chi connectivity index (χ3v) is 6.46. The number of carbonyl (C=O) groups is 3. The van der Waals surface area contributed by atoms with Crippen LogP contribution in [-0.4, -0.2) is 51.1 Å². The van der Waals surface area contributed by atoms with Crippen molar-refractivity contribution in [1.82, 2.24) is 20.2 Å². The van der Waals surface area contributed by atoms with Crippen molar-refractivity contribution in [2.45, 2.75) is 32.7 Å². The summed E-state index contributed by atoms with van der Waals surface area (Å²) in [6.07, 6.45) is 3.47. The molecular weight excluding hydrogens is 436 g/mol. The lowest BCUT2D eigenvalue weighted by Crippen LogP contribution is -2.31. The maximum Gasteiger partial charge on any atom is 0.261 e. The highest BCUT2D eigenvalue weighted by Crippen LogP contribution is 2.26. The van der Waals surface area contributed by atoms with Crippen LogP contribution in [0.15, 0.2) is 42.5 Å². The fourth-order valence-corrected chi connectivity index (χ4v) is 4.39. The monoisotopic (exact) mass is 464 g/mol. The predicted molar refractivity (Wildman–Crippen MR) is 131 cm³/mol. The van der Waals surface area contributed by atoms with Gasteiger partial charge in [0.1, 0.15) is 5.82 Å². The van der Waals surface area contributed by atoms with Crippen molar-refractivity contribution in [1.29, 1.82) is 0 Å². The van der Waals surface area contributed by atoms with Gasteiger partial charge in [-0.1, -0.05) is 26.0 Å². The van der Waals surface area contributed by atoms with Crippen LogP contribution in [0.2, 0.25) is 0 Å². The highest BCUT2D eigenvalue weighted by molar-refractivity contribution is 7.98. The third-order valence-electron chi connectivity index (χ3n) is 5.82. The average Bonchev–Trinajstić information content (AvgIpc) is 3.34. The summed E-state index contributed by atoms with van der Waals surface area (Å²) in [5.74, 6) is 1.01. The number of H-pyrrole nitrogens is 1. The van der Waals surface area contributed by atoms with E-state index in [1.807, 2.05) is 30.5 Å². The molecule has 0 spiro atoms. The molecule has 7 nitrogen and oxygen atoms in total. The van der Waals surface area contributed by atoms with Gasteiger partial charge in [-0.15, -0.1) is 0 Å². The fourth-order valence-electron chi connectivity index (χ4n) is 3.91. The van der Waals surface area contributed by atoms with Crippen molar-refractivity contribution in [3.8, 4) is 0 Å². The summed E-state index contributed by atoms with van der Waals surface area (Å²) >= 11 is 1.70. The Balaban J connectivity index is 1.55. The smallest absolute Gasteiger partial charge is 0.261 e. The van der Waals surface area contributed by atoms with Crippen molar-refractivity contribution >= 4 is 40.5 Å². The first-order valence-corrected chi connectivity index (χ1v) is 12.5. The Labute approximate surface area is 197 Å². The van der Waals surface area contributed by atoms with E-state index in [0.717, 1.165) is 23.2 Å². The van der Waals surface area contributed by atoms with Crippen molar-refractivity contribution in [3.63, 3.8) is 0 Å². The van der Waals surface area contributed by atoms with E-state index >= 15 is 0 Å². The van der Waals surface area contributed by atoms with Gasteiger partial charge >= 0.3 is 0 Å². The van der Waals surface area contributed by atoms with Gasteiger partial charge in [-0.3, -0.25) is 19.3 Å². The van der Waals surface area contributed by atoms with E-state index in [2.05, 4.69) is 29.1 Å². The summed E-state index contributed by atoms with van der Waals surface area (Å²) < 4.78 is 0. The maximum absolute atomic E-state index is 13.1. The number of nitrogens with zero attached hydrogens (tertiary/aromatic N) is 2. The second-order valence-electron chi connectivity index (χ2n) is 8.65. The SMILES string of the molecule is CSCCC(NC(=O)c1ccc2c(c1)C(=O)N(CCC(C)C)C2=O)c1nc2ccccc2[nH]1. The van der Waals surface area contributed by atoms with Crippen LogP contribution in [0.5, 0.6) is 0 Å². The van der Waals surface area contributed by atoms with Crippen LogP contribution in [0, 0.1) is 5.92 Å². The number of imide groups is 1. The molecule has 0 fully saturated rings. The first kappa shape index (κ1) is 23.0. The molecule has 0 bridgehead atoms. The van der Waals surface area contributed by atoms with E-state index in [1.165, 1.54) is 11.0 Å². The molecule has 8 heteroatoms. The highest BCUT2D eigenvalue weighted by Gasteiger charge is 2.35. The summed E-state index contributed by atoms with van der Waals surface area (Å²) in [4.78, 5) is 47.8. The Morgan fingerprint density at radius 2 is 1.85 bits per heavy atom. The number of amides is 3. The molecule has 3 aromatic rings. The van der Waals surface area contributed by atoms with Gasteiger partial charge in [0.25, 0.3) is 17.7 Å². The van der Waals surface area contributed by atoms with E-state index in [1.54, 1.807) is 23.9 Å². The number of aromatic amines is 1. The molecule has 172 valence electrons. The molecule has 2 aromatic carbocycles. The van der Waals surface area contributed by atoms with Crippen LogP contribution in [0.1, 0.15) is 69.6 Å². The number of rotatable bonds is 9. The molecule has 0 aliphatic carbocycles. The lowest BCUT2D eigenvalue weighted by molar-refractivity contribution is 0.0647. The molecule has 1 aliphatic rings. The molecule has 2 heterocycles. The second kappa shape index (κ2) is 9.79. The Morgan fingerprint density at radius 1 is 1.09 bits per heavy atom. The van der Waals surface area contributed by atoms with Crippen LogP contribution in [0.3, 0.4) is 0 Å². The highest BCUT2D eigenvalue weighted by atomic mass is 32.2. The van der Waals surface area contributed by atoms with E-state index in [9.17, 15) is 14.4 Å². The van der Waals surface area contributed by atoms with Gasteiger partial charge in [0, 0.05) is 12.1 Å². The van der Waals surface area contributed by atoms with Crippen molar-refractivity contribution in [2.24, 2.45) is 5.92 Å². The molecule has 4 rings (SSSR count). The Hall–Kier alpha value is -3.13. The summed E-state index contributed by atoms with van der Waals surface area (Å²) in [6.45, 7) is 4.49. The van der Waals surface area contributed by atoms with Crippen LogP contribution >= 0.6 is 11.8 Å². The number of thioether (sulfide) groups is 1. The minimum atomic E-state index is -0.332. The van der Waals surface area contributed by atoms with Crippen molar-refractivity contribution in [3.05, 3.63) is 65.0 Å². The number of imidazole rings is 1. The van der Waals surface area contributed by atoms with Crippen LogP contribution < -0.4 is 5.32 Å². The van der Waals surface area contributed by atoms with Crippen molar-refractivity contribution in [2.75, 3.05) is 18.6 Å². The number of benzene rings is 2. The minimum Gasteiger partial charge on any atom is -0.342 e. The quantitative estimate of drug-likeness (QED) is 0.457. The molecule has 33 heavy (non-hydrogen) atoms. The molecule has 1 unspecified atom stereocenters. The molecule has 0 saturated heterocycles. The van der Waals surface area contributed by atoms with E-state index in [4.69, 9.17) is 0 Å². The normalized spacial score (nSPS) is 14.2. The molecule has 1 aromatic heterocycles. The van der Waals surface area contributed by atoms with Gasteiger partial charge in [-0.2, -0.15) is 11.8 Å². The van der Waals surface area contributed by atoms with E-state index in [0.29, 0.717) is 41.4 Å². The zero-order valence-corrected chi connectivity index (χ0v) is 19.9. The molecule has 0 radical (unpaired) electrons. The zero-order valence-electron chi connectivity index (χ0n) is 19.1. The first-order valence-electron chi connectivity index (χ1n) is 11.1. The van der Waals surface area contributed by atoms with E-state index < -0.39 is 0 Å². The lowest BCUT2D eigenvalue weighted by atomic mass is 10.0. The van der Waals surface area contributed by atoms with Gasteiger partial charge in [0.05, 0.1) is 28.2 Å². The largest absolute Gasteiger partial charge is 0.342 e. The Bertz CT molecular complexity index is 1170. The number of hydrogen-bond donors (Lipinski definition) is 2. The summed E-state index contributed by atoms with van der Waals surface area (Å²) in [5.41, 5.74) is 2.77. The number of fused-ring (bicyclic) bond motifs is 2. The zero-order chi connectivity index (χ0) is 23.5. The van der Waals surface area contributed by atoms with Crippen LogP contribution in [-0.2, 0) is 0 Å². The summed E-state index contributed by atoms with van der Waals surface area (Å²) in [6, 6.07) is 12.2. The number of carbonyl (C=O) groups excluding carboxylic acids is 3. The number of nitrogens with one attached hydrogen (secondary N) is 2. The van der Waals surface area contributed by atoms with Gasteiger partial charge in [0.15, 0.2) is 0 Å². The van der Waals surface area contributed by atoms with Crippen LogP contribution in [0.4, 0.5) is 0 Å². The van der Waals surface area contributed by atoms with Crippen LogP contribution in [0.25, 0.3) is 11.0 Å².